The largest absolute Gasteiger partial charge is 3.00 e. The zero-order valence-electron chi connectivity index (χ0n) is 24.0. The molecule has 52 heteroatoms. The van der Waals surface area contributed by atoms with Gasteiger partial charge in [-0.3, -0.25) is 0 Å². The average Bonchev–Trinajstić information content (AvgIpc) is 2.16. The fraction of sp³-hybridized carbons (Fsp3) is 0. The molecule has 6 radical (unpaired) electrons. The van der Waals surface area contributed by atoms with E-state index in [1.807, 2.05) is 0 Å². The predicted octanol–water partition coefficient (Wildman–Crippen LogP) is -32.7. The summed E-state index contributed by atoms with van der Waals surface area (Å²) in [6.07, 6.45) is 0. The molecule has 52 heavy (non-hydrogen) atoms. The zero-order chi connectivity index (χ0) is 36.0. The van der Waals surface area contributed by atoms with Gasteiger partial charge in [0.05, 0.1) is 0 Å². The maximum Gasteiger partial charge on any atom is 3.00 e. The van der Waals surface area contributed by atoms with Gasteiger partial charge in [-0.1, -0.05) is 0 Å². The maximum absolute atomic E-state index is 8.55. The van der Waals surface area contributed by atoms with Gasteiger partial charge in [0, 0.05) is 0 Å². The Balaban J connectivity index is -0.0000000121. The van der Waals surface area contributed by atoms with E-state index < -0.39 is 62.6 Å². The van der Waals surface area contributed by atoms with Crippen molar-refractivity contribution in [3.63, 3.8) is 0 Å². The molecule has 0 spiro atoms. The third-order valence-electron chi connectivity index (χ3n) is 0. The topological polar surface area (TPSA) is 690 Å². The van der Waals surface area contributed by atoms with Crippen LogP contribution < -0.4 is 174 Å². The predicted molar refractivity (Wildman–Crippen MR) is 78.1 cm³/mol. The minimum Gasteiger partial charge on any atom is -0.822 e. The molecular weight excluding hydrogens is 1190 g/mol. The van der Waals surface area contributed by atoms with Gasteiger partial charge in [0.25, 0.3) is 0 Å². The van der Waals surface area contributed by atoms with E-state index in [0.29, 0.717) is 0 Å². The van der Waals surface area contributed by atoms with Gasteiger partial charge in [-0.15, -0.1) is 0 Å². The Hall–Kier alpha value is 8.09. The van der Waals surface area contributed by atoms with Crippen molar-refractivity contribution in [1.29, 1.82) is 0 Å². The van der Waals surface area contributed by atoms with Crippen molar-refractivity contribution >= 4 is 132 Å². The van der Waals surface area contributed by atoms with Crippen LogP contribution in [0.25, 0.3) is 0 Å². The molecule has 0 N–H and O–H groups in total. The van der Waals surface area contributed by atoms with Crippen LogP contribution in [-0.2, 0) is 139 Å². The summed E-state index contributed by atoms with van der Waals surface area (Å²) in [5.41, 5.74) is 0. The van der Waals surface area contributed by atoms with E-state index in [2.05, 4.69) is 0 Å². The quantitative estimate of drug-likeness (QED) is 0.160. The molecule has 0 saturated carbocycles. The Kier molecular flexibility index (Phi) is 159. The summed E-state index contributed by atoms with van der Waals surface area (Å²) in [7, 11) is -43.1. The molecule has 0 bridgehead atoms. The summed E-state index contributed by atoms with van der Waals surface area (Å²) < 4.78 is 68.4. The molecule has 286 valence electrons. The Morgan fingerprint density at radius 2 is 0.192 bits per heavy atom. The van der Waals surface area contributed by atoms with Crippen LogP contribution in [0.3, 0.4) is 0 Å². The van der Waals surface area contributed by atoms with Gasteiger partial charge < -0.3 is 154 Å². The van der Waals surface area contributed by atoms with E-state index in [1.165, 1.54) is 0 Å². The molecule has 0 saturated heterocycles. The summed E-state index contributed by atoms with van der Waals surface area (Å²) in [5.74, 6) is 0. The van der Waals surface area contributed by atoms with Gasteiger partial charge in [-0.25, -0.2) is 0 Å². The van der Waals surface area contributed by atoms with Crippen LogP contribution in [0.1, 0.15) is 0 Å². The summed E-state index contributed by atoms with van der Waals surface area (Å²) >= 11 is 0. The first-order chi connectivity index (χ1) is 16.0. The first kappa shape index (κ1) is 131. The Labute approximate surface area is 438 Å². The normalized spacial score (nSPS) is 9.08. The molecule has 0 aromatic heterocycles. The summed E-state index contributed by atoms with van der Waals surface area (Å²) in [5, 5.41) is 0. The van der Waals surface area contributed by atoms with Crippen molar-refractivity contribution in [1.82, 2.24) is 0 Å². The van der Waals surface area contributed by atoms with Gasteiger partial charge in [-0.05, 0) is 0 Å². The van der Waals surface area contributed by atoms with E-state index >= 15 is 0 Å². The molecule has 0 unspecified atom stereocenters. The average molecular weight is 1190 g/mol. The molecule has 0 fully saturated rings. The Morgan fingerprint density at radius 3 is 0.192 bits per heavy atom. The zero-order valence-corrected chi connectivity index (χ0v) is 42.2. The van der Waals surface area contributed by atoms with Crippen LogP contribution >= 0.6 is 62.6 Å². The minimum atomic E-state index is -5.39. The standard InChI is InChI=1S/3Fe.3Li.3Mg.3Mn.8H3O4P/c;;;;;;;;;;;;8*1-5(2,3)4/h;;;;;;;;;;;;8*(H3,1,2,3,4)/q3*+3;3*+1;6*+2;;;;;;;;/p-24. The van der Waals surface area contributed by atoms with Crippen molar-refractivity contribution in [2.24, 2.45) is 0 Å². The molecule has 0 aliphatic heterocycles. The van der Waals surface area contributed by atoms with E-state index in [1.54, 1.807) is 0 Å². The van der Waals surface area contributed by atoms with Crippen LogP contribution in [0.2, 0.25) is 0 Å². The number of phosphoric acid groups is 8. The SMILES string of the molecule is O=P([O-])([O-])[O-].O=P([O-])([O-])[O-].O=P([O-])([O-])[O-].O=P([O-])([O-])[O-].O=P([O-])([O-])[O-].O=P([O-])([O-])[O-].O=P([O-])([O-])[O-].O=P([O-])([O-])[O-].[Fe+3].[Fe+3].[Fe+3].[Li+].[Li+].[Li+].[Mg+2].[Mg+2].[Mg+2].[Mn+2].[Mn+2].[Mn+2]. The Bertz CT molecular complexity index is 703. The molecule has 32 nitrogen and oxygen atoms in total. The van der Waals surface area contributed by atoms with Crippen LogP contribution in [0.4, 0.5) is 0 Å². The van der Waals surface area contributed by atoms with Crippen molar-refractivity contribution < 1.29 is 313 Å². The number of rotatable bonds is 0. The number of hydrogen-bond donors (Lipinski definition) is 0. The second-order valence-electron chi connectivity index (χ2n) is 3.58. The van der Waals surface area contributed by atoms with Gasteiger partial charge in [-0.2, -0.15) is 62.6 Å². The van der Waals surface area contributed by atoms with E-state index in [4.69, 9.17) is 154 Å². The second kappa shape index (κ2) is 63.4. The molecule has 0 atom stereocenters. The van der Waals surface area contributed by atoms with Gasteiger partial charge in [0.1, 0.15) is 0 Å². The van der Waals surface area contributed by atoms with Crippen LogP contribution in [-0.4, -0.2) is 69.2 Å². The van der Waals surface area contributed by atoms with Crippen LogP contribution in [0, 0.1) is 0 Å². The van der Waals surface area contributed by atoms with Gasteiger partial charge in [0.15, 0.2) is 0 Å². The van der Waals surface area contributed by atoms with Gasteiger partial charge >= 0.3 is 228 Å². The molecule has 0 heterocycles. The summed E-state index contributed by atoms with van der Waals surface area (Å²) in [4.78, 5) is 205. The van der Waals surface area contributed by atoms with Crippen LogP contribution in [0.15, 0.2) is 0 Å². The fourth-order valence-electron chi connectivity index (χ4n) is 0. The Morgan fingerprint density at radius 1 is 0.192 bits per heavy atom. The number of hydrogen-bond acceptors (Lipinski definition) is 32. The molecule has 0 aromatic carbocycles. The first-order valence-electron chi connectivity index (χ1n) is 5.84. The van der Waals surface area contributed by atoms with Crippen molar-refractivity contribution in [3.05, 3.63) is 0 Å². The van der Waals surface area contributed by atoms with Crippen molar-refractivity contribution in [3.8, 4) is 0 Å². The monoisotopic (exact) mass is 1190 g/mol. The second-order valence-corrected chi connectivity index (χ2v) is 10.7. The molecule has 0 aromatic rings. The van der Waals surface area contributed by atoms with Crippen molar-refractivity contribution in [2.45, 2.75) is 0 Å². The van der Waals surface area contributed by atoms with Gasteiger partial charge in [0.2, 0.25) is 0 Å². The minimum absolute atomic E-state index is 0. The molecule has 0 rings (SSSR count). The molecule has 0 aliphatic carbocycles. The van der Waals surface area contributed by atoms with E-state index in [-0.39, 0.29) is 228 Å². The van der Waals surface area contributed by atoms with Crippen LogP contribution in [0.5, 0.6) is 0 Å². The summed E-state index contributed by atoms with van der Waals surface area (Å²) in [6, 6.07) is 0. The molecular formula is Fe3Li3Mg3Mn3O32P8. The molecule has 0 aliphatic rings. The van der Waals surface area contributed by atoms with Crippen molar-refractivity contribution in [2.75, 3.05) is 0 Å². The van der Waals surface area contributed by atoms with E-state index in [0.717, 1.165) is 0 Å². The summed E-state index contributed by atoms with van der Waals surface area (Å²) in [6.45, 7) is 0. The third kappa shape index (κ3) is 2890. The van der Waals surface area contributed by atoms with E-state index in [9.17, 15) is 0 Å². The third-order valence-corrected chi connectivity index (χ3v) is 0. The smallest absolute Gasteiger partial charge is 0.822 e. The molecule has 0 amide bonds. The first-order valence-corrected chi connectivity index (χ1v) is 17.5. The maximum atomic E-state index is 8.55. The fourth-order valence-corrected chi connectivity index (χ4v) is 0.